The average molecular weight is 283 g/mol. The standard InChI is InChI=1S/C17H21N3O/c1-3-7-18-16(17-19-10-12(2)11-20-17)14-4-5-15-13(9-14)6-8-21-15/h4-5,9-11,16,18H,3,6-8H2,1-2H3. The van der Waals surface area contributed by atoms with E-state index in [4.69, 9.17) is 4.74 Å². The number of nitrogens with one attached hydrogen (secondary N) is 1. The van der Waals surface area contributed by atoms with Crippen LogP contribution in [0.25, 0.3) is 0 Å². The lowest BCUT2D eigenvalue weighted by Crippen LogP contribution is -2.25. The fourth-order valence-electron chi connectivity index (χ4n) is 2.58. The van der Waals surface area contributed by atoms with E-state index in [1.54, 1.807) is 0 Å². The molecule has 3 rings (SSSR count). The van der Waals surface area contributed by atoms with Crippen LogP contribution in [0.3, 0.4) is 0 Å². The minimum Gasteiger partial charge on any atom is -0.493 e. The molecule has 0 saturated carbocycles. The van der Waals surface area contributed by atoms with Crippen LogP contribution in [0.4, 0.5) is 0 Å². The number of aryl methyl sites for hydroxylation is 1. The van der Waals surface area contributed by atoms with Crippen molar-refractivity contribution >= 4 is 0 Å². The first-order valence-corrected chi connectivity index (χ1v) is 7.55. The highest BCUT2D eigenvalue weighted by atomic mass is 16.5. The lowest BCUT2D eigenvalue weighted by Gasteiger charge is -2.18. The van der Waals surface area contributed by atoms with Crippen LogP contribution in [-0.4, -0.2) is 23.1 Å². The molecule has 1 aliphatic heterocycles. The number of rotatable bonds is 5. The second kappa shape index (κ2) is 6.22. The molecule has 0 aliphatic carbocycles. The molecule has 1 atom stereocenters. The highest BCUT2D eigenvalue weighted by molar-refractivity contribution is 5.42. The molecule has 0 saturated heterocycles. The van der Waals surface area contributed by atoms with Gasteiger partial charge in [-0.25, -0.2) is 9.97 Å². The van der Waals surface area contributed by atoms with Gasteiger partial charge in [-0.3, -0.25) is 0 Å². The monoisotopic (exact) mass is 283 g/mol. The van der Waals surface area contributed by atoms with Crippen molar-refractivity contribution in [2.75, 3.05) is 13.2 Å². The summed E-state index contributed by atoms with van der Waals surface area (Å²) in [6.45, 7) is 5.89. The molecule has 1 aromatic carbocycles. The van der Waals surface area contributed by atoms with Gasteiger partial charge in [0.1, 0.15) is 11.6 Å². The van der Waals surface area contributed by atoms with Crippen molar-refractivity contribution in [1.29, 1.82) is 0 Å². The molecule has 4 heteroatoms. The normalized spacial score (nSPS) is 14.6. The van der Waals surface area contributed by atoms with Crippen molar-refractivity contribution in [3.63, 3.8) is 0 Å². The van der Waals surface area contributed by atoms with Gasteiger partial charge in [0.2, 0.25) is 0 Å². The maximum absolute atomic E-state index is 5.58. The second-order valence-electron chi connectivity index (χ2n) is 5.47. The fourth-order valence-corrected chi connectivity index (χ4v) is 2.58. The van der Waals surface area contributed by atoms with Gasteiger partial charge in [-0.15, -0.1) is 0 Å². The summed E-state index contributed by atoms with van der Waals surface area (Å²) in [5.74, 6) is 1.84. The highest BCUT2D eigenvalue weighted by Crippen LogP contribution is 2.29. The van der Waals surface area contributed by atoms with E-state index in [-0.39, 0.29) is 6.04 Å². The molecule has 0 spiro atoms. The van der Waals surface area contributed by atoms with E-state index in [9.17, 15) is 0 Å². The molecule has 1 unspecified atom stereocenters. The third kappa shape index (κ3) is 3.05. The van der Waals surface area contributed by atoms with Crippen LogP contribution >= 0.6 is 0 Å². The fraction of sp³-hybridized carbons (Fsp3) is 0.412. The molecule has 1 aromatic heterocycles. The van der Waals surface area contributed by atoms with E-state index in [1.165, 1.54) is 11.1 Å². The first kappa shape index (κ1) is 14.0. The van der Waals surface area contributed by atoms with Crippen molar-refractivity contribution in [1.82, 2.24) is 15.3 Å². The van der Waals surface area contributed by atoms with Crippen molar-refractivity contribution in [3.05, 3.63) is 53.1 Å². The van der Waals surface area contributed by atoms with Gasteiger partial charge < -0.3 is 10.1 Å². The number of benzene rings is 1. The van der Waals surface area contributed by atoms with Crippen LogP contribution in [0.5, 0.6) is 5.75 Å². The Labute approximate surface area is 125 Å². The molecule has 1 N–H and O–H groups in total. The number of aromatic nitrogens is 2. The van der Waals surface area contributed by atoms with Gasteiger partial charge in [0.25, 0.3) is 0 Å². The minimum atomic E-state index is 0.0384. The molecule has 0 fully saturated rings. The largest absolute Gasteiger partial charge is 0.493 e. The summed E-state index contributed by atoms with van der Waals surface area (Å²) < 4.78 is 5.58. The smallest absolute Gasteiger partial charge is 0.149 e. The minimum absolute atomic E-state index is 0.0384. The molecule has 110 valence electrons. The summed E-state index contributed by atoms with van der Waals surface area (Å²) in [5.41, 5.74) is 3.56. The zero-order chi connectivity index (χ0) is 14.7. The van der Waals surface area contributed by atoms with Gasteiger partial charge in [-0.05, 0) is 48.7 Å². The second-order valence-corrected chi connectivity index (χ2v) is 5.47. The summed E-state index contributed by atoms with van der Waals surface area (Å²) in [4.78, 5) is 8.99. The number of hydrogen-bond donors (Lipinski definition) is 1. The van der Waals surface area contributed by atoms with Gasteiger partial charge in [0.05, 0.1) is 12.6 Å². The highest BCUT2D eigenvalue weighted by Gasteiger charge is 2.19. The van der Waals surface area contributed by atoms with Crippen LogP contribution in [0, 0.1) is 6.92 Å². The molecule has 2 heterocycles. The van der Waals surface area contributed by atoms with Crippen molar-refractivity contribution in [3.8, 4) is 5.75 Å². The summed E-state index contributed by atoms with van der Waals surface area (Å²) in [6, 6.07) is 6.43. The van der Waals surface area contributed by atoms with Gasteiger partial charge >= 0.3 is 0 Å². The quantitative estimate of drug-likeness (QED) is 0.916. The zero-order valence-corrected chi connectivity index (χ0v) is 12.6. The first-order chi connectivity index (χ1) is 10.3. The lowest BCUT2D eigenvalue weighted by molar-refractivity contribution is 0.356. The number of nitrogens with zero attached hydrogens (tertiary/aromatic N) is 2. The molecule has 21 heavy (non-hydrogen) atoms. The van der Waals surface area contributed by atoms with E-state index in [0.717, 1.165) is 43.1 Å². The van der Waals surface area contributed by atoms with E-state index in [0.29, 0.717) is 0 Å². The van der Waals surface area contributed by atoms with Crippen molar-refractivity contribution in [2.45, 2.75) is 32.7 Å². The molecule has 0 amide bonds. The molecule has 0 radical (unpaired) electrons. The molecule has 4 nitrogen and oxygen atoms in total. The van der Waals surface area contributed by atoms with E-state index < -0.39 is 0 Å². The molecule has 0 bridgehead atoms. The van der Waals surface area contributed by atoms with Gasteiger partial charge in [0, 0.05) is 18.8 Å². The van der Waals surface area contributed by atoms with Crippen LogP contribution in [0.15, 0.2) is 30.6 Å². The number of hydrogen-bond acceptors (Lipinski definition) is 4. The number of ether oxygens (including phenoxy) is 1. The third-order valence-corrected chi connectivity index (χ3v) is 3.70. The summed E-state index contributed by atoms with van der Waals surface area (Å²) in [5, 5.41) is 3.55. The Kier molecular flexibility index (Phi) is 4.15. The van der Waals surface area contributed by atoms with Crippen LogP contribution in [0.2, 0.25) is 0 Å². The van der Waals surface area contributed by atoms with E-state index >= 15 is 0 Å². The van der Waals surface area contributed by atoms with Crippen LogP contribution in [-0.2, 0) is 6.42 Å². The summed E-state index contributed by atoms with van der Waals surface area (Å²) in [6.07, 6.45) is 5.81. The SMILES string of the molecule is CCCNC(c1ccc2c(c1)CCO2)c1ncc(C)cn1. The average Bonchev–Trinajstić information content (AvgIpc) is 2.97. The predicted molar refractivity (Wildman–Crippen MR) is 82.5 cm³/mol. The summed E-state index contributed by atoms with van der Waals surface area (Å²) >= 11 is 0. The van der Waals surface area contributed by atoms with Crippen LogP contribution in [0.1, 0.15) is 41.9 Å². The summed E-state index contributed by atoms with van der Waals surface area (Å²) in [7, 11) is 0. The Balaban J connectivity index is 1.93. The van der Waals surface area contributed by atoms with Crippen LogP contribution < -0.4 is 10.1 Å². The third-order valence-electron chi connectivity index (χ3n) is 3.70. The Morgan fingerprint density at radius 2 is 2.10 bits per heavy atom. The van der Waals surface area contributed by atoms with E-state index in [2.05, 4.69) is 40.4 Å². The molecular weight excluding hydrogens is 262 g/mol. The van der Waals surface area contributed by atoms with E-state index in [1.807, 2.05) is 19.3 Å². The zero-order valence-electron chi connectivity index (χ0n) is 12.6. The lowest BCUT2D eigenvalue weighted by atomic mass is 10.0. The topological polar surface area (TPSA) is 47.0 Å². The predicted octanol–water partition coefficient (Wildman–Crippen LogP) is 2.81. The Bertz CT molecular complexity index is 610. The van der Waals surface area contributed by atoms with Gasteiger partial charge in [-0.1, -0.05) is 13.0 Å². The number of fused-ring (bicyclic) bond motifs is 1. The molecular formula is C17H21N3O. The Morgan fingerprint density at radius 1 is 1.29 bits per heavy atom. The van der Waals surface area contributed by atoms with Crippen molar-refractivity contribution in [2.24, 2.45) is 0 Å². The molecule has 1 aliphatic rings. The van der Waals surface area contributed by atoms with Gasteiger partial charge in [0.15, 0.2) is 0 Å². The molecule has 2 aromatic rings. The maximum Gasteiger partial charge on any atom is 0.149 e. The Morgan fingerprint density at radius 3 is 2.86 bits per heavy atom. The first-order valence-electron chi connectivity index (χ1n) is 7.55. The Hall–Kier alpha value is -1.94. The maximum atomic E-state index is 5.58. The van der Waals surface area contributed by atoms with Gasteiger partial charge in [-0.2, -0.15) is 0 Å². The van der Waals surface area contributed by atoms with Crippen molar-refractivity contribution < 1.29 is 4.74 Å².